The SMILES string of the molecule is Cc1ccc(S(=O)(=O)NCc2cc[nH+]cc2)cc1. The van der Waals surface area contributed by atoms with Crippen LogP contribution in [-0.2, 0) is 16.6 Å². The Morgan fingerprint density at radius 1 is 1.06 bits per heavy atom. The molecule has 0 bridgehead atoms. The summed E-state index contributed by atoms with van der Waals surface area (Å²) >= 11 is 0. The summed E-state index contributed by atoms with van der Waals surface area (Å²) in [6.07, 6.45) is 3.52. The van der Waals surface area contributed by atoms with Crippen LogP contribution in [0.4, 0.5) is 0 Å². The van der Waals surface area contributed by atoms with Gasteiger partial charge in [-0.3, -0.25) is 0 Å². The number of pyridine rings is 1. The van der Waals surface area contributed by atoms with Crippen LogP contribution in [0.15, 0.2) is 53.7 Å². The van der Waals surface area contributed by atoms with Crippen LogP contribution in [0.5, 0.6) is 0 Å². The van der Waals surface area contributed by atoms with Crippen LogP contribution in [0.25, 0.3) is 0 Å². The third-order valence-corrected chi connectivity index (χ3v) is 4.00. The van der Waals surface area contributed by atoms with E-state index in [0.717, 1.165) is 11.1 Å². The Hall–Kier alpha value is -1.72. The van der Waals surface area contributed by atoms with Crippen LogP contribution >= 0.6 is 0 Å². The molecule has 94 valence electrons. The molecule has 1 aromatic carbocycles. The minimum atomic E-state index is -3.44. The minimum Gasteiger partial charge on any atom is -0.218 e. The molecule has 0 saturated heterocycles. The number of aromatic amines is 1. The lowest BCUT2D eigenvalue weighted by Gasteiger charge is -2.06. The van der Waals surface area contributed by atoms with E-state index in [9.17, 15) is 8.42 Å². The Labute approximate surface area is 107 Å². The number of aryl methyl sites for hydroxylation is 1. The average molecular weight is 263 g/mol. The zero-order chi connectivity index (χ0) is 13.0. The van der Waals surface area contributed by atoms with E-state index < -0.39 is 10.0 Å². The van der Waals surface area contributed by atoms with Crippen LogP contribution in [0.2, 0.25) is 0 Å². The normalized spacial score (nSPS) is 11.4. The molecule has 1 heterocycles. The van der Waals surface area contributed by atoms with E-state index in [0.29, 0.717) is 0 Å². The summed E-state index contributed by atoms with van der Waals surface area (Å²) in [4.78, 5) is 3.18. The van der Waals surface area contributed by atoms with Gasteiger partial charge in [-0.2, -0.15) is 0 Å². The van der Waals surface area contributed by atoms with Gasteiger partial charge in [0.05, 0.1) is 4.90 Å². The largest absolute Gasteiger partial charge is 0.240 e. The molecule has 0 spiro atoms. The highest BCUT2D eigenvalue weighted by molar-refractivity contribution is 7.89. The standard InChI is InChI=1S/C13H14N2O2S/c1-11-2-4-13(5-3-11)18(16,17)15-10-12-6-8-14-9-7-12/h2-9,15H,10H2,1H3/p+1. The van der Waals surface area contributed by atoms with Gasteiger partial charge in [0.2, 0.25) is 10.0 Å². The smallest absolute Gasteiger partial charge is 0.218 e. The first kappa shape index (κ1) is 12.7. The van der Waals surface area contributed by atoms with Crippen molar-refractivity contribution in [2.75, 3.05) is 0 Å². The fraction of sp³-hybridized carbons (Fsp3) is 0.154. The minimum absolute atomic E-state index is 0.283. The van der Waals surface area contributed by atoms with Gasteiger partial charge in [0, 0.05) is 18.7 Å². The van der Waals surface area contributed by atoms with E-state index in [1.54, 1.807) is 36.7 Å². The van der Waals surface area contributed by atoms with Crippen molar-refractivity contribution in [1.29, 1.82) is 0 Å². The molecule has 2 rings (SSSR count). The van der Waals surface area contributed by atoms with Gasteiger partial charge < -0.3 is 0 Å². The first-order valence-corrected chi connectivity index (χ1v) is 7.07. The van der Waals surface area contributed by atoms with Gasteiger partial charge >= 0.3 is 0 Å². The molecule has 0 atom stereocenters. The summed E-state index contributed by atoms with van der Waals surface area (Å²) in [5.41, 5.74) is 1.94. The van der Waals surface area contributed by atoms with Crippen LogP contribution in [0, 0.1) is 6.92 Å². The Bertz CT molecular complexity index is 607. The first-order chi connectivity index (χ1) is 8.58. The van der Waals surface area contributed by atoms with Crippen molar-refractivity contribution in [3.8, 4) is 0 Å². The zero-order valence-corrected chi connectivity index (χ0v) is 10.9. The maximum atomic E-state index is 12.0. The van der Waals surface area contributed by atoms with Gasteiger partial charge in [-0.1, -0.05) is 17.7 Å². The van der Waals surface area contributed by atoms with E-state index in [2.05, 4.69) is 9.71 Å². The number of nitrogens with one attached hydrogen (secondary N) is 2. The summed E-state index contributed by atoms with van der Waals surface area (Å²) in [6.45, 7) is 2.20. The third-order valence-electron chi connectivity index (χ3n) is 2.58. The molecule has 0 unspecified atom stereocenters. The highest BCUT2D eigenvalue weighted by Crippen LogP contribution is 2.10. The lowest BCUT2D eigenvalue weighted by atomic mass is 10.2. The third kappa shape index (κ3) is 3.15. The second-order valence-electron chi connectivity index (χ2n) is 4.05. The predicted octanol–water partition coefficient (Wildman–Crippen LogP) is 1.29. The van der Waals surface area contributed by atoms with Crippen molar-refractivity contribution in [3.63, 3.8) is 0 Å². The number of hydrogen-bond donors (Lipinski definition) is 1. The van der Waals surface area contributed by atoms with Crippen LogP contribution < -0.4 is 9.71 Å². The highest BCUT2D eigenvalue weighted by Gasteiger charge is 2.12. The van der Waals surface area contributed by atoms with Crippen molar-refractivity contribution < 1.29 is 13.4 Å². The number of aromatic nitrogens is 1. The molecule has 0 saturated carbocycles. The van der Waals surface area contributed by atoms with E-state index in [1.165, 1.54) is 0 Å². The van der Waals surface area contributed by atoms with Crippen molar-refractivity contribution in [3.05, 3.63) is 59.9 Å². The molecule has 4 nitrogen and oxygen atoms in total. The molecule has 2 aromatic rings. The molecule has 0 fully saturated rings. The monoisotopic (exact) mass is 263 g/mol. The molecular formula is C13H15N2O2S+. The number of H-pyrrole nitrogens is 1. The van der Waals surface area contributed by atoms with Crippen molar-refractivity contribution >= 4 is 10.0 Å². The summed E-state index contributed by atoms with van der Waals surface area (Å²) in [5, 5.41) is 0. The quantitative estimate of drug-likeness (QED) is 0.903. The highest BCUT2D eigenvalue weighted by atomic mass is 32.2. The Balaban J connectivity index is 2.11. The van der Waals surface area contributed by atoms with Crippen molar-refractivity contribution in [1.82, 2.24) is 4.72 Å². The fourth-order valence-corrected chi connectivity index (χ4v) is 2.54. The molecule has 18 heavy (non-hydrogen) atoms. The number of sulfonamides is 1. The Kier molecular flexibility index (Phi) is 3.74. The average Bonchev–Trinajstić information content (AvgIpc) is 2.38. The van der Waals surface area contributed by atoms with Gasteiger partial charge in [-0.15, -0.1) is 0 Å². The van der Waals surface area contributed by atoms with Gasteiger partial charge in [-0.05, 0) is 24.6 Å². The zero-order valence-electron chi connectivity index (χ0n) is 10.1. The molecule has 0 aliphatic carbocycles. The van der Waals surface area contributed by atoms with Gasteiger partial charge in [0.1, 0.15) is 0 Å². The van der Waals surface area contributed by atoms with E-state index >= 15 is 0 Å². The topological polar surface area (TPSA) is 60.3 Å². The predicted molar refractivity (Wildman–Crippen MR) is 68.2 cm³/mol. The summed E-state index contributed by atoms with van der Waals surface area (Å²) in [7, 11) is -3.44. The van der Waals surface area contributed by atoms with Crippen LogP contribution in [0.1, 0.15) is 11.1 Å². The van der Waals surface area contributed by atoms with E-state index in [1.807, 2.05) is 19.1 Å². The Morgan fingerprint density at radius 3 is 2.28 bits per heavy atom. The van der Waals surface area contributed by atoms with Gasteiger partial charge in [-0.25, -0.2) is 18.1 Å². The van der Waals surface area contributed by atoms with E-state index in [-0.39, 0.29) is 11.4 Å². The lowest BCUT2D eigenvalue weighted by molar-refractivity contribution is -0.378. The number of rotatable bonds is 4. The summed E-state index contributed by atoms with van der Waals surface area (Å²) < 4.78 is 26.6. The first-order valence-electron chi connectivity index (χ1n) is 5.59. The van der Waals surface area contributed by atoms with Crippen LogP contribution in [0.3, 0.4) is 0 Å². The molecule has 2 N–H and O–H groups in total. The number of hydrogen-bond acceptors (Lipinski definition) is 2. The van der Waals surface area contributed by atoms with Gasteiger partial charge in [0.15, 0.2) is 12.4 Å². The second kappa shape index (κ2) is 5.29. The Morgan fingerprint density at radius 2 is 1.67 bits per heavy atom. The molecule has 0 radical (unpaired) electrons. The molecule has 1 aromatic heterocycles. The molecule has 0 aliphatic heterocycles. The fourth-order valence-electron chi connectivity index (χ4n) is 1.52. The summed E-state index contributed by atoms with van der Waals surface area (Å²) in [6, 6.07) is 10.4. The van der Waals surface area contributed by atoms with Crippen molar-refractivity contribution in [2.24, 2.45) is 0 Å². The molecule has 0 amide bonds. The van der Waals surface area contributed by atoms with Crippen molar-refractivity contribution in [2.45, 2.75) is 18.4 Å². The molecule has 5 heteroatoms. The maximum Gasteiger partial charge on any atom is 0.240 e. The summed E-state index contributed by atoms with van der Waals surface area (Å²) in [5.74, 6) is 0. The second-order valence-corrected chi connectivity index (χ2v) is 5.81. The molecular weight excluding hydrogens is 248 g/mol. The van der Waals surface area contributed by atoms with Gasteiger partial charge in [0.25, 0.3) is 0 Å². The lowest BCUT2D eigenvalue weighted by Crippen LogP contribution is -2.23. The molecule has 0 aliphatic rings. The maximum absolute atomic E-state index is 12.0. The van der Waals surface area contributed by atoms with Crippen LogP contribution in [-0.4, -0.2) is 8.42 Å². The van der Waals surface area contributed by atoms with E-state index in [4.69, 9.17) is 0 Å². The number of benzene rings is 1.